The average molecular weight is 231 g/mol. The molecular formula is C12H17N5. The number of rotatable bonds is 5. The lowest BCUT2D eigenvalue weighted by atomic mass is 10.3. The predicted molar refractivity (Wildman–Crippen MR) is 65.9 cm³/mol. The molecule has 0 aliphatic carbocycles. The standard InChI is InChI=1S/C12H17N5/c1-3-6-13-9-11-4-5-12(16-15-11)17-8-7-14-10(17)2/h4-5,7-8,13H,3,6,9H2,1-2H3. The first-order valence-electron chi connectivity index (χ1n) is 5.85. The summed E-state index contributed by atoms with van der Waals surface area (Å²) in [5, 5.41) is 11.7. The van der Waals surface area contributed by atoms with Gasteiger partial charge >= 0.3 is 0 Å². The number of aryl methyl sites for hydroxylation is 1. The van der Waals surface area contributed by atoms with Crippen molar-refractivity contribution in [1.29, 1.82) is 0 Å². The van der Waals surface area contributed by atoms with E-state index in [1.165, 1.54) is 0 Å². The van der Waals surface area contributed by atoms with E-state index in [1.807, 2.05) is 29.8 Å². The monoisotopic (exact) mass is 231 g/mol. The van der Waals surface area contributed by atoms with Gasteiger partial charge in [-0.2, -0.15) is 5.10 Å². The summed E-state index contributed by atoms with van der Waals surface area (Å²) in [4.78, 5) is 4.16. The third-order valence-electron chi connectivity index (χ3n) is 2.51. The highest BCUT2D eigenvalue weighted by molar-refractivity contribution is 5.23. The summed E-state index contributed by atoms with van der Waals surface area (Å²) in [5.41, 5.74) is 0.958. The fourth-order valence-corrected chi connectivity index (χ4v) is 1.59. The van der Waals surface area contributed by atoms with Crippen molar-refractivity contribution >= 4 is 0 Å². The van der Waals surface area contributed by atoms with Crippen LogP contribution in [-0.4, -0.2) is 26.3 Å². The third kappa shape index (κ3) is 2.88. The molecule has 0 aliphatic heterocycles. The minimum absolute atomic E-state index is 0.768. The van der Waals surface area contributed by atoms with Crippen LogP contribution in [0.4, 0.5) is 0 Å². The number of hydrogen-bond donors (Lipinski definition) is 1. The molecule has 2 heterocycles. The minimum atomic E-state index is 0.768. The largest absolute Gasteiger partial charge is 0.311 e. The van der Waals surface area contributed by atoms with E-state index in [-0.39, 0.29) is 0 Å². The molecule has 0 radical (unpaired) electrons. The molecular weight excluding hydrogens is 214 g/mol. The highest BCUT2D eigenvalue weighted by atomic mass is 15.2. The average Bonchev–Trinajstić information content (AvgIpc) is 2.77. The second-order valence-electron chi connectivity index (χ2n) is 3.90. The molecule has 0 saturated heterocycles. The van der Waals surface area contributed by atoms with E-state index in [2.05, 4.69) is 27.4 Å². The van der Waals surface area contributed by atoms with Gasteiger partial charge in [0.25, 0.3) is 0 Å². The lowest BCUT2D eigenvalue weighted by Crippen LogP contribution is -2.15. The second kappa shape index (κ2) is 5.54. The SMILES string of the molecule is CCCNCc1ccc(-n2ccnc2C)nn1. The quantitative estimate of drug-likeness (QED) is 0.792. The molecule has 2 aromatic heterocycles. The highest BCUT2D eigenvalue weighted by Crippen LogP contribution is 2.06. The molecule has 0 amide bonds. The summed E-state index contributed by atoms with van der Waals surface area (Å²) >= 11 is 0. The smallest absolute Gasteiger partial charge is 0.160 e. The zero-order valence-corrected chi connectivity index (χ0v) is 10.2. The Morgan fingerprint density at radius 1 is 1.29 bits per heavy atom. The van der Waals surface area contributed by atoms with E-state index in [0.29, 0.717) is 0 Å². The Morgan fingerprint density at radius 2 is 2.18 bits per heavy atom. The van der Waals surface area contributed by atoms with Gasteiger partial charge in [-0.1, -0.05) is 6.92 Å². The molecule has 0 bridgehead atoms. The van der Waals surface area contributed by atoms with Crippen LogP contribution in [0, 0.1) is 6.92 Å². The topological polar surface area (TPSA) is 55.6 Å². The van der Waals surface area contributed by atoms with Crippen LogP contribution < -0.4 is 5.32 Å². The van der Waals surface area contributed by atoms with E-state index >= 15 is 0 Å². The first-order chi connectivity index (χ1) is 8.31. The van der Waals surface area contributed by atoms with Crippen LogP contribution in [0.5, 0.6) is 0 Å². The lowest BCUT2D eigenvalue weighted by Gasteiger charge is -2.05. The maximum atomic E-state index is 4.19. The maximum absolute atomic E-state index is 4.19. The maximum Gasteiger partial charge on any atom is 0.160 e. The molecule has 2 rings (SSSR count). The summed E-state index contributed by atoms with van der Waals surface area (Å²) in [6.07, 6.45) is 4.77. The summed E-state index contributed by atoms with van der Waals surface area (Å²) < 4.78 is 1.91. The van der Waals surface area contributed by atoms with Gasteiger partial charge in [0.15, 0.2) is 5.82 Å². The fourth-order valence-electron chi connectivity index (χ4n) is 1.59. The van der Waals surface area contributed by atoms with Crippen molar-refractivity contribution in [2.24, 2.45) is 0 Å². The van der Waals surface area contributed by atoms with Crippen molar-refractivity contribution in [2.45, 2.75) is 26.8 Å². The van der Waals surface area contributed by atoms with Gasteiger partial charge in [-0.05, 0) is 32.0 Å². The summed E-state index contributed by atoms with van der Waals surface area (Å²) in [6.45, 7) is 5.86. The van der Waals surface area contributed by atoms with Gasteiger partial charge in [0.2, 0.25) is 0 Å². The van der Waals surface area contributed by atoms with Gasteiger partial charge in [-0.3, -0.25) is 4.57 Å². The number of aromatic nitrogens is 4. The lowest BCUT2D eigenvalue weighted by molar-refractivity contribution is 0.655. The van der Waals surface area contributed by atoms with Crippen LogP contribution in [0.25, 0.3) is 5.82 Å². The molecule has 0 spiro atoms. The van der Waals surface area contributed by atoms with Gasteiger partial charge in [0, 0.05) is 18.9 Å². The van der Waals surface area contributed by atoms with Gasteiger partial charge < -0.3 is 5.32 Å². The summed E-state index contributed by atoms with van der Waals surface area (Å²) in [6, 6.07) is 3.95. The molecule has 1 N–H and O–H groups in total. The van der Waals surface area contributed by atoms with Crippen molar-refractivity contribution in [2.75, 3.05) is 6.54 Å². The van der Waals surface area contributed by atoms with Crippen LogP contribution >= 0.6 is 0 Å². The molecule has 0 saturated carbocycles. The van der Waals surface area contributed by atoms with Crippen LogP contribution in [0.2, 0.25) is 0 Å². The van der Waals surface area contributed by atoms with Gasteiger partial charge in [-0.25, -0.2) is 4.98 Å². The zero-order chi connectivity index (χ0) is 12.1. The second-order valence-corrected chi connectivity index (χ2v) is 3.90. The molecule has 90 valence electrons. The first kappa shape index (κ1) is 11.7. The molecule has 5 heteroatoms. The van der Waals surface area contributed by atoms with E-state index in [0.717, 1.165) is 36.8 Å². The van der Waals surface area contributed by atoms with Gasteiger partial charge in [-0.15, -0.1) is 5.10 Å². The van der Waals surface area contributed by atoms with Gasteiger partial charge in [0.1, 0.15) is 5.82 Å². The zero-order valence-electron chi connectivity index (χ0n) is 10.2. The van der Waals surface area contributed by atoms with Gasteiger partial charge in [0.05, 0.1) is 5.69 Å². The number of hydrogen-bond acceptors (Lipinski definition) is 4. The van der Waals surface area contributed by atoms with E-state index < -0.39 is 0 Å². The number of imidazole rings is 1. The van der Waals surface area contributed by atoms with Crippen molar-refractivity contribution in [1.82, 2.24) is 25.1 Å². The molecule has 17 heavy (non-hydrogen) atoms. The first-order valence-corrected chi connectivity index (χ1v) is 5.85. The molecule has 0 atom stereocenters. The summed E-state index contributed by atoms with van der Waals surface area (Å²) in [5.74, 6) is 1.72. The van der Waals surface area contributed by atoms with Crippen molar-refractivity contribution in [3.63, 3.8) is 0 Å². The third-order valence-corrected chi connectivity index (χ3v) is 2.51. The Morgan fingerprint density at radius 3 is 2.76 bits per heavy atom. The van der Waals surface area contributed by atoms with E-state index in [1.54, 1.807) is 6.20 Å². The number of nitrogens with one attached hydrogen (secondary N) is 1. The van der Waals surface area contributed by atoms with Crippen molar-refractivity contribution in [3.8, 4) is 5.82 Å². The Hall–Kier alpha value is -1.75. The predicted octanol–water partition coefficient (Wildman–Crippen LogP) is 1.47. The summed E-state index contributed by atoms with van der Waals surface area (Å²) in [7, 11) is 0. The Labute approximate surface area is 101 Å². The van der Waals surface area contributed by atoms with Crippen LogP contribution in [0.15, 0.2) is 24.5 Å². The number of nitrogens with zero attached hydrogens (tertiary/aromatic N) is 4. The van der Waals surface area contributed by atoms with Crippen LogP contribution in [-0.2, 0) is 6.54 Å². The molecule has 0 aromatic carbocycles. The normalized spacial score (nSPS) is 10.7. The van der Waals surface area contributed by atoms with E-state index in [9.17, 15) is 0 Å². The Bertz CT molecular complexity index is 460. The Kier molecular flexibility index (Phi) is 3.82. The molecule has 2 aromatic rings. The van der Waals surface area contributed by atoms with E-state index in [4.69, 9.17) is 0 Å². The minimum Gasteiger partial charge on any atom is -0.311 e. The van der Waals surface area contributed by atoms with Crippen molar-refractivity contribution in [3.05, 3.63) is 36.0 Å². The molecule has 0 fully saturated rings. The Balaban J connectivity index is 2.06. The fraction of sp³-hybridized carbons (Fsp3) is 0.417. The van der Waals surface area contributed by atoms with Crippen molar-refractivity contribution < 1.29 is 0 Å². The van der Waals surface area contributed by atoms with Crippen LogP contribution in [0.1, 0.15) is 24.9 Å². The molecule has 5 nitrogen and oxygen atoms in total. The molecule has 0 unspecified atom stereocenters. The van der Waals surface area contributed by atoms with Crippen LogP contribution in [0.3, 0.4) is 0 Å². The molecule has 0 aliphatic rings. The highest BCUT2D eigenvalue weighted by Gasteiger charge is 2.02.